The highest BCUT2D eigenvalue weighted by Crippen LogP contribution is 2.25. The van der Waals surface area contributed by atoms with E-state index in [9.17, 15) is 8.42 Å². The minimum Gasteiger partial charge on any atom is -0.268 e. The van der Waals surface area contributed by atoms with Crippen LogP contribution < -0.4 is 4.72 Å². The van der Waals surface area contributed by atoms with Crippen LogP contribution in [0.1, 0.15) is 5.56 Å². The predicted molar refractivity (Wildman–Crippen MR) is 66.9 cm³/mol. The summed E-state index contributed by atoms with van der Waals surface area (Å²) in [4.78, 5) is -0.156. The van der Waals surface area contributed by atoms with Crippen LogP contribution in [-0.4, -0.2) is 18.0 Å². The number of rotatable bonds is 3. The molecule has 1 aromatic heterocycles. The summed E-state index contributed by atoms with van der Waals surface area (Å²) in [6, 6.07) is 5.86. The molecule has 0 saturated carbocycles. The molecular weight excluding hydrogens is 296 g/mol. The minimum atomic E-state index is -3.85. The number of halogens is 1. The van der Waals surface area contributed by atoms with E-state index in [0.717, 1.165) is 11.5 Å². The number of nitrogens with one attached hydrogen (secondary N) is 1. The third kappa shape index (κ3) is 2.59. The maximum atomic E-state index is 12.0. The van der Waals surface area contributed by atoms with Crippen LogP contribution >= 0.6 is 23.1 Å². The fourth-order valence-corrected chi connectivity index (χ4v) is 3.39. The van der Waals surface area contributed by atoms with E-state index in [1.807, 2.05) is 6.07 Å². The summed E-state index contributed by atoms with van der Waals surface area (Å²) in [5.74, 6) is 0. The van der Waals surface area contributed by atoms with Crippen LogP contribution in [0.15, 0.2) is 29.3 Å². The van der Waals surface area contributed by atoms with Crippen LogP contribution in [0.4, 0.5) is 5.00 Å². The predicted octanol–water partition coefficient (Wildman–Crippen LogP) is 1.86. The van der Waals surface area contributed by atoms with E-state index < -0.39 is 10.0 Å². The lowest BCUT2D eigenvalue weighted by atomic mass is 10.2. The van der Waals surface area contributed by atoms with Crippen molar-refractivity contribution < 1.29 is 8.42 Å². The molecule has 0 aliphatic heterocycles. The lowest BCUT2D eigenvalue weighted by Gasteiger charge is -2.07. The maximum absolute atomic E-state index is 12.0. The quantitative estimate of drug-likeness (QED) is 0.933. The van der Waals surface area contributed by atoms with Gasteiger partial charge in [-0.2, -0.15) is 5.26 Å². The number of nitrogens with zero attached hydrogens (tertiary/aromatic N) is 3. The van der Waals surface area contributed by atoms with E-state index in [4.69, 9.17) is 16.9 Å². The van der Waals surface area contributed by atoms with Crippen LogP contribution in [0, 0.1) is 11.3 Å². The highest BCUT2D eigenvalue weighted by molar-refractivity contribution is 7.93. The molecule has 0 saturated heterocycles. The van der Waals surface area contributed by atoms with E-state index in [1.54, 1.807) is 0 Å². The van der Waals surface area contributed by atoms with Gasteiger partial charge in [-0.3, -0.25) is 4.72 Å². The Hall–Kier alpha value is -1.69. The first kappa shape index (κ1) is 12.8. The maximum Gasteiger partial charge on any atom is 0.264 e. The standard InChI is InChI=1S/C9H5ClN4O2S2/c10-7-2-1-6(4-11)3-8(7)18(15,16)13-9-5-12-14-17-9/h1-3,5,13H. The van der Waals surface area contributed by atoms with Crippen LogP contribution in [0.2, 0.25) is 5.02 Å². The lowest BCUT2D eigenvalue weighted by molar-refractivity contribution is 0.601. The molecule has 0 amide bonds. The van der Waals surface area contributed by atoms with E-state index in [2.05, 4.69) is 14.3 Å². The Balaban J connectivity index is 2.44. The number of aromatic nitrogens is 2. The molecule has 0 fully saturated rings. The molecule has 9 heteroatoms. The van der Waals surface area contributed by atoms with Crippen LogP contribution in [-0.2, 0) is 10.0 Å². The molecule has 92 valence electrons. The van der Waals surface area contributed by atoms with E-state index in [1.165, 1.54) is 24.4 Å². The number of benzene rings is 1. The van der Waals surface area contributed by atoms with Gasteiger partial charge in [-0.25, -0.2) is 8.42 Å². The second-order valence-electron chi connectivity index (χ2n) is 3.14. The number of anilines is 1. The number of hydrogen-bond donors (Lipinski definition) is 1. The Labute approximate surface area is 112 Å². The first-order valence-electron chi connectivity index (χ1n) is 4.53. The Morgan fingerprint density at radius 3 is 2.83 bits per heavy atom. The van der Waals surface area contributed by atoms with Crippen molar-refractivity contribution >= 4 is 38.2 Å². The fourth-order valence-electron chi connectivity index (χ4n) is 1.18. The van der Waals surface area contributed by atoms with Crippen molar-refractivity contribution in [2.45, 2.75) is 4.90 Å². The zero-order chi connectivity index (χ0) is 13.2. The molecule has 0 aliphatic rings. The molecule has 0 spiro atoms. The summed E-state index contributed by atoms with van der Waals surface area (Å²) in [5, 5.41) is 12.6. The van der Waals surface area contributed by atoms with Gasteiger partial charge in [0.15, 0.2) is 0 Å². The average molecular weight is 301 g/mol. The van der Waals surface area contributed by atoms with Crippen molar-refractivity contribution in [3.8, 4) is 6.07 Å². The minimum absolute atomic E-state index is 0.0407. The molecular formula is C9H5ClN4O2S2. The Morgan fingerprint density at radius 1 is 1.44 bits per heavy atom. The molecule has 2 rings (SSSR count). The second kappa shape index (κ2) is 4.89. The normalized spacial score (nSPS) is 10.9. The Kier molecular flexibility index (Phi) is 3.47. The van der Waals surface area contributed by atoms with Gasteiger partial charge in [0.2, 0.25) is 0 Å². The van der Waals surface area contributed by atoms with Crippen molar-refractivity contribution in [1.29, 1.82) is 5.26 Å². The number of hydrogen-bond acceptors (Lipinski definition) is 6. The van der Waals surface area contributed by atoms with Crippen molar-refractivity contribution in [3.63, 3.8) is 0 Å². The zero-order valence-corrected chi connectivity index (χ0v) is 11.1. The van der Waals surface area contributed by atoms with Gasteiger partial charge >= 0.3 is 0 Å². The lowest BCUT2D eigenvalue weighted by Crippen LogP contribution is -2.12. The SMILES string of the molecule is N#Cc1ccc(Cl)c(S(=O)(=O)Nc2cnns2)c1. The molecule has 1 aromatic carbocycles. The highest BCUT2D eigenvalue weighted by Gasteiger charge is 2.19. The van der Waals surface area contributed by atoms with E-state index in [-0.39, 0.29) is 20.5 Å². The van der Waals surface area contributed by atoms with Crippen molar-refractivity contribution in [3.05, 3.63) is 35.0 Å². The first-order chi connectivity index (χ1) is 8.53. The summed E-state index contributed by atoms with van der Waals surface area (Å²) >= 11 is 6.72. The van der Waals surface area contributed by atoms with Gasteiger partial charge in [0.05, 0.1) is 22.9 Å². The average Bonchev–Trinajstić information content (AvgIpc) is 2.81. The van der Waals surface area contributed by atoms with Crippen molar-refractivity contribution in [2.75, 3.05) is 4.72 Å². The molecule has 2 aromatic rings. The molecule has 6 nitrogen and oxygen atoms in total. The topological polar surface area (TPSA) is 95.7 Å². The van der Waals surface area contributed by atoms with Gasteiger partial charge in [0.25, 0.3) is 10.0 Å². The largest absolute Gasteiger partial charge is 0.268 e. The van der Waals surface area contributed by atoms with Crippen LogP contribution in [0.3, 0.4) is 0 Å². The highest BCUT2D eigenvalue weighted by atomic mass is 35.5. The molecule has 0 bridgehead atoms. The van der Waals surface area contributed by atoms with Crippen molar-refractivity contribution in [1.82, 2.24) is 9.59 Å². The summed E-state index contributed by atoms with van der Waals surface area (Å²) in [6.07, 6.45) is 1.28. The summed E-state index contributed by atoms with van der Waals surface area (Å²) in [7, 11) is -3.85. The van der Waals surface area contributed by atoms with E-state index in [0.29, 0.717) is 0 Å². The fraction of sp³-hybridized carbons (Fsp3) is 0. The molecule has 0 radical (unpaired) electrons. The molecule has 0 unspecified atom stereocenters. The molecule has 0 atom stereocenters. The summed E-state index contributed by atoms with van der Waals surface area (Å²) in [5.41, 5.74) is 0.210. The van der Waals surface area contributed by atoms with Gasteiger partial charge in [-0.05, 0) is 18.2 Å². The summed E-state index contributed by atoms with van der Waals surface area (Å²) < 4.78 is 29.9. The van der Waals surface area contributed by atoms with Crippen LogP contribution in [0.25, 0.3) is 0 Å². The number of sulfonamides is 1. The van der Waals surface area contributed by atoms with Gasteiger partial charge in [0, 0.05) is 11.5 Å². The third-order valence-electron chi connectivity index (χ3n) is 1.95. The molecule has 18 heavy (non-hydrogen) atoms. The Bertz CT molecular complexity index is 707. The third-order valence-corrected chi connectivity index (χ3v) is 4.50. The monoisotopic (exact) mass is 300 g/mol. The smallest absolute Gasteiger partial charge is 0.264 e. The zero-order valence-electron chi connectivity index (χ0n) is 8.66. The second-order valence-corrected chi connectivity index (χ2v) is 5.99. The number of nitriles is 1. The van der Waals surface area contributed by atoms with Gasteiger partial charge in [-0.15, -0.1) is 5.10 Å². The van der Waals surface area contributed by atoms with Gasteiger partial charge in [-0.1, -0.05) is 16.1 Å². The Morgan fingerprint density at radius 2 is 2.22 bits per heavy atom. The molecule has 1 heterocycles. The van der Waals surface area contributed by atoms with Crippen molar-refractivity contribution in [2.24, 2.45) is 0 Å². The van der Waals surface area contributed by atoms with Crippen LogP contribution in [0.5, 0.6) is 0 Å². The van der Waals surface area contributed by atoms with E-state index >= 15 is 0 Å². The molecule has 1 N–H and O–H groups in total. The first-order valence-corrected chi connectivity index (χ1v) is 7.16. The van der Waals surface area contributed by atoms with Gasteiger partial charge in [0.1, 0.15) is 9.90 Å². The summed E-state index contributed by atoms with van der Waals surface area (Å²) in [6.45, 7) is 0. The van der Waals surface area contributed by atoms with Gasteiger partial charge < -0.3 is 0 Å². The molecule has 0 aliphatic carbocycles.